The molecule has 19 heavy (non-hydrogen) atoms. The molecule has 0 aliphatic rings. The number of carbonyl (C=O) groups is 2. The number of ketones is 1. The first-order valence-corrected chi connectivity index (χ1v) is 5.85. The number of esters is 1. The van der Waals surface area contributed by atoms with Crippen LogP contribution >= 0.6 is 11.6 Å². The van der Waals surface area contributed by atoms with E-state index in [1.165, 1.54) is 12.3 Å². The molecule has 0 atom stereocenters. The summed E-state index contributed by atoms with van der Waals surface area (Å²) in [5, 5.41) is 0.0222. The van der Waals surface area contributed by atoms with Crippen LogP contribution < -0.4 is 0 Å². The first kappa shape index (κ1) is 17.1. The van der Waals surface area contributed by atoms with Crippen molar-refractivity contribution in [3.63, 3.8) is 0 Å². The molecule has 0 saturated carbocycles. The van der Waals surface area contributed by atoms with Crippen LogP contribution in [0.15, 0.2) is 40.1 Å². The fraction of sp³-hybridized carbons (Fsp3) is 0.308. The summed E-state index contributed by atoms with van der Waals surface area (Å²) in [4.78, 5) is 29.1. The lowest BCUT2D eigenvalue weighted by Gasteiger charge is -2.11. The van der Waals surface area contributed by atoms with Crippen LogP contribution in [-0.4, -0.2) is 44.1 Å². The Balaban J connectivity index is 5.64. The van der Waals surface area contributed by atoms with Crippen LogP contribution in [0.4, 0.5) is 0 Å². The lowest BCUT2D eigenvalue weighted by atomic mass is 10.1. The van der Waals surface area contributed by atoms with Crippen molar-refractivity contribution in [2.24, 2.45) is 4.99 Å². The number of nitrogens with zero attached hydrogens (tertiary/aromatic N) is 2. The Hall–Kier alpha value is -1.88. The first-order chi connectivity index (χ1) is 8.88. The topological polar surface area (TPSA) is 59.0 Å². The fourth-order valence-electron chi connectivity index (χ4n) is 1.15. The van der Waals surface area contributed by atoms with Crippen LogP contribution in [-0.2, 0) is 14.3 Å². The Morgan fingerprint density at radius 1 is 1.42 bits per heavy atom. The highest BCUT2D eigenvalue weighted by atomic mass is 35.5. The molecule has 0 aliphatic carbocycles. The van der Waals surface area contributed by atoms with E-state index in [1.807, 2.05) is 0 Å². The van der Waals surface area contributed by atoms with E-state index in [2.05, 4.69) is 18.3 Å². The summed E-state index contributed by atoms with van der Waals surface area (Å²) in [7, 11) is 3.35. The molecule has 104 valence electrons. The second kappa shape index (κ2) is 8.26. The third kappa shape index (κ3) is 5.09. The van der Waals surface area contributed by atoms with Crippen molar-refractivity contribution >= 4 is 30.1 Å². The van der Waals surface area contributed by atoms with Crippen LogP contribution in [0.25, 0.3) is 0 Å². The van der Waals surface area contributed by atoms with E-state index in [1.54, 1.807) is 25.9 Å². The van der Waals surface area contributed by atoms with Gasteiger partial charge in [-0.25, -0.2) is 4.79 Å². The van der Waals surface area contributed by atoms with Crippen molar-refractivity contribution in [3.05, 3.63) is 35.2 Å². The van der Waals surface area contributed by atoms with Gasteiger partial charge in [-0.15, -0.1) is 0 Å². The Labute approximate surface area is 117 Å². The number of carbonyl (C=O) groups excluding carboxylic acids is 2. The lowest BCUT2D eigenvalue weighted by molar-refractivity contribution is -0.139. The van der Waals surface area contributed by atoms with Crippen molar-refractivity contribution in [1.29, 1.82) is 0 Å². The van der Waals surface area contributed by atoms with Gasteiger partial charge in [-0.3, -0.25) is 9.79 Å². The SMILES string of the molecule is C=C/C(Cl)=C(\N=C)C(=O)/C(=C/N(C)C)C(=O)OCC. The summed E-state index contributed by atoms with van der Waals surface area (Å²) in [6.45, 7) is 8.51. The molecule has 0 N–H and O–H groups in total. The van der Waals surface area contributed by atoms with Crippen LogP contribution in [0, 0.1) is 0 Å². The van der Waals surface area contributed by atoms with E-state index in [0.717, 1.165) is 0 Å². The second-order valence-electron chi connectivity index (χ2n) is 3.61. The molecule has 0 fully saturated rings. The van der Waals surface area contributed by atoms with Gasteiger partial charge in [0.15, 0.2) is 0 Å². The van der Waals surface area contributed by atoms with Crippen LogP contribution in [0.3, 0.4) is 0 Å². The van der Waals surface area contributed by atoms with Gasteiger partial charge in [0.25, 0.3) is 0 Å². The zero-order chi connectivity index (χ0) is 15.0. The zero-order valence-electron chi connectivity index (χ0n) is 11.3. The molecule has 0 aromatic heterocycles. The van der Waals surface area contributed by atoms with E-state index in [9.17, 15) is 9.59 Å². The van der Waals surface area contributed by atoms with Gasteiger partial charge in [-0.2, -0.15) is 0 Å². The summed E-state index contributed by atoms with van der Waals surface area (Å²) in [6.07, 6.45) is 2.60. The van der Waals surface area contributed by atoms with E-state index in [-0.39, 0.29) is 22.9 Å². The van der Waals surface area contributed by atoms with Gasteiger partial charge in [0.2, 0.25) is 5.78 Å². The number of aliphatic imine (C=N–C) groups is 1. The molecule has 0 radical (unpaired) electrons. The molecule has 6 heteroatoms. The maximum atomic E-state index is 12.2. The minimum absolute atomic E-state index is 0.0222. The van der Waals surface area contributed by atoms with Crippen LogP contribution in [0.5, 0.6) is 0 Å². The second-order valence-corrected chi connectivity index (χ2v) is 4.02. The lowest BCUT2D eigenvalue weighted by Crippen LogP contribution is -2.20. The molecule has 0 aliphatic heterocycles. The molecule has 0 saturated heterocycles. The van der Waals surface area contributed by atoms with Gasteiger partial charge in [0.05, 0.1) is 11.6 Å². The molecule has 0 bridgehead atoms. The number of rotatable bonds is 7. The van der Waals surface area contributed by atoms with Crippen molar-refractivity contribution in [3.8, 4) is 0 Å². The number of hydrogen-bond donors (Lipinski definition) is 0. The molecule has 0 rings (SSSR count). The summed E-state index contributed by atoms with van der Waals surface area (Å²) in [5.41, 5.74) is -0.313. The molecule has 0 spiro atoms. The van der Waals surface area contributed by atoms with Gasteiger partial charge in [-0.1, -0.05) is 18.2 Å². The third-order valence-corrected chi connectivity index (χ3v) is 2.24. The maximum Gasteiger partial charge on any atom is 0.343 e. The molecule has 0 amide bonds. The van der Waals surface area contributed by atoms with E-state index in [4.69, 9.17) is 16.3 Å². The predicted octanol–water partition coefficient (Wildman–Crippen LogP) is 1.90. The summed E-state index contributed by atoms with van der Waals surface area (Å²) in [5.74, 6) is -1.40. The zero-order valence-corrected chi connectivity index (χ0v) is 12.0. The average Bonchev–Trinajstić information content (AvgIpc) is 2.36. The Bertz CT molecular complexity index is 451. The van der Waals surface area contributed by atoms with Crippen molar-refractivity contribution < 1.29 is 14.3 Å². The normalized spacial score (nSPS) is 12.3. The van der Waals surface area contributed by atoms with Crippen LogP contribution in [0.2, 0.25) is 0 Å². The van der Waals surface area contributed by atoms with Crippen molar-refractivity contribution in [2.45, 2.75) is 6.92 Å². The highest BCUT2D eigenvalue weighted by Gasteiger charge is 2.24. The Morgan fingerprint density at radius 3 is 2.37 bits per heavy atom. The monoisotopic (exact) mass is 284 g/mol. The summed E-state index contributed by atoms with van der Waals surface area (Å²) >= 11 is 5.80. The standard InChI is InChI=1S/C13H17ClN2O3/c1-6-10(14)11(15-3)12(17)9(8-16(4)5)13(18)19-7-2/h6,8H,1,3,7H2,2,4-5H3/b9-8-,11-10+. The van der Waals surface area contributed by atoms with Gasteiger partial charge in [0, 0.05) is 20.3 Å². The van der Waals surface area contributed by atoms with Gasteiger partial charge in [0.1, 0.15) is 11.3 Å². The highest BCUT2D eigenvalue weighted by Crippen LogP contribution is 2.17. The summed E-state index contributed by atoms with van der Waals surface area (Å²) < 4.78 is 4.83. The van der Waals surface area contributed by atoms with Crippen LogP contribution in [0.1, 0.15) is 6.92 Å². The molecule has 0 heterocycles. The largest absolute Gasteiger partial charge is 0.462 e. The minimum Gasteiger partial charge on any atom is -0.462 e. The maximum absolute atomic E-state index is 12.2. The van der Waals surface area contributed by atoms with E-state index in [0.29, 0.717) is 0 Å². The smallest absolute Gasteiger partial charge is 0.343 e. The fourth-order valence-corrected chi connectivity index (χ4v) is 1.30. The number of halogens is 1. The van der Waals surface area contributed by atoms with Gasteiger partial charge < -0.3 is 9.64 Å². The highest BCUT2D eigenvalue weighted by molar-refractivity contribution is 6.36. The number of hydrogen-bond acceptors (Lipinski definition) is 5. The first-order valence-electron chi connectivity index (χ1n) is 5.48. The number of Topliss-reactive ketones (excluding diaryl/α,β-unsaturated/α-hetero) is 1. The molecule has 5 nitrogen and oxygen atoms in total. The number of allylic oxidation sites excluding steroid dienone is 3. The third-order valence-electron chi connectivity index (χ3n) is 1.91. The minimum atomic E-state index is -0.740. The van der Waals surface area contributed by atoms with E-state index >= 15 is 0 Å². The summed E-state index contributed by atoms with van der Waals surface area (Å²) in [6, 6.07) is 0. The Morgan fingerprint density at radius 2 is 2.00 bits per heavy atom. The molecule has 0 aromatic carbocycles. The molecule has 0 aromatic rings. The van der Waals surface area contributed by atoms with Crippen molar-refractivity contribution in [2.75, 3.05) is 20.7 Å². The van der Waals surface area contributed by atoms with Crippen molar-refractivity contribution in [1.82, 2.24) is 4.90 Å². The average molecular weight is 285 g/mol. The number of ether oxygens (including phenoxy) is 1. The molecular formula is C13H17ClN2O3. The molecule has 0 unspecified atom stereocenters. The predicted molar refractivity (Wildman–Crippen MR) is 76.0 cm³/mol. The van der Waals surface area contributed by atoms with Gasteiger partial charge >= 0.3 is 5.97 Å². The molecular weight excluding hydrogens is 268 g/mol. The van der Waals surface area contributed by atoms with E-state index < -0.39 is 11.8 Å². The Kier molecular flexibility index (Phi) is 7.44. The van der Waals surface area contributed by atoms with Gasteiger partial charge in [-0.05, 0) is 19.7 Å². The quantitative estimate of drug-likeness (QED) is 0.179.